The van der Waals surface area contributed by atoms with Gasteiger partial charge in [0.05, 0.1) is 12.6 Å². The molecule has 2 rings (SSSR count). The molecular formula is C14H18N2O. The van der Waals surface area contributed by atoms with Gasteiger partial charge in [0, 0.05) is 23.2 Å². The fraction of sp³-hybridized carbons (Fsp3) is 0.357. The van der Waals surface area contributed by atoms with Gasteiger partial charge in [-0.15, -0.1) is 0 Å². The first-order valence-electron chi connectivity index (χ1n) is 5.80. The van der Waals surface area contributed by atoms with Crippen molar-refractivity contribution in [3.05, 3.63) is 35.5 Å². The molecule has 0 bridgehead atoms. The molecule has 0 saturated heterocycles. The molecule has 2 aromatic rings. The fourth-order valence-electron chi connectivity index (χ4n) is 2.07. The zero-order chi connectivity index (χ0) is 12.4. The van der Waals surface area contributed by atoms with Crippen LogP contribution in [0.25, 0.3) is 10.9 Å². The number of fused-ring (bicyclic) bond motifs is 1. The van der Waals surface area contributed by atoms with Gasteiger partial charge in [0.25, 0.3) is 0 Å². The first kappa shape index (κ1) is 11.9. The number of ether oxygens (including phenoxy) is 1. The molecule has 1 heterocycles. The maximum atomic E-state index is 5.88. The molecule has 0 aliphatic rings. The van der Waals surface area contributed by atoms with Crippen LogP contribution in [0.1, 0.15) is 18.2 Å². The Balaban J connectivity index is 2.59. The molecule has 0 saturated carbocycles. The van der Waals surface area contributed by atoms with Gasteiger partial charge in [-0.1, -0.05) is 0 Å². The monoisotopic (exact) mass is 230 g/mol. The summed E-state index contributed by atoms with van der Waals surface area (Å²) in [6, 6.07) is 8.25. The lowest BCUT2D eigenvalue weighted by Gasteiger charge is -2.11. The molecule has 0 radical (unpaired) electrons. The summed E-state index contributed by atoms with van der Waals surface area (Å²) in [4.78, 5) is 4.53. The normalized spacial score (nSPS) is 12.7. The number of hydrogen-bond acceptors (Lipinski definition) is 3. The summed E-state index contributed by atoms with van der Waals surface area (Å²) in [6.07, 6.45) is 0.867. The lowest BCUT2D eigenvalue weighted by atomic mass is 10.0. The summed E-state index contributed by atoms with van der Waals surface area (Å²) in [5.74, 6) is 0.836. The van der Waals surface area contributed by atoms with Crippen molar-refractivity contribution in [1.29, 1.82) is 0 Å². The van der Waals surface area contributed by atoms with Crippen LogP contribution in [0.4, 0.5) is 0 Å². The average molecular weight is 230 g/mol. The third-order valence-electron chi connectivity index (χ3n) is 2.77. The zero-order valence-corrected chi connectivity index (χ0v) is 10.5. The van der Waals surface area contributed by atoms with Gasteiger partial charge in [-0.25, -0.2) is 0 Å². The molecule has 3 heteroatoms. The van der Waals surface area contributed by atoms with Crippen molar-refractivity contribution in [3.63, 3.8) is 0 Å². The molecule has 90 valence electrons. The summed E-state index contributed by atoms with van der Waals surface area (Å²) >= 11 is 0. The number of pyridine rings is 1. The lowest BCUT2D eigenvalue weighted by Crippen LogP contribution is -2.18. The Morgan fingerprint density at radius 2 is 2.12 bits per heavy atom. The summed E-state index contributed by atoms with van der Waals surface area (Å²) < 4.78 is 5.22. The number of hydrogen-bond donors (Lipinski definition) is 1. The second kappa shape index (κ2) is 4.72. The predicted octanol–water partition coefficient (Wildman–Crippen LogP) is 2.44. The van der Waals surface area contributed by atoms with E-state index in [1.54, 1.807) is 7.11 Å². The maximum absolute atomic E-state index is 5.88. The highest BCUT2D eigenvalue weighted by molar-refractivity contribution is 5.83. The highest BCUT2D eigenvalue weighted by atomic mass is 16.5. The molecule has 0 fully saturated rings. The van der Waals surface area contributed by atoms with Gasteiger partial charge < -0.3 is 10.5 Å². The van der Waals surface area contributed by atoms with Crippen LogP contribution in [0.15, 0.2) is 24.3 Å². The molecule has 0 aliphatic heterocycles. The second-order valence-corrected chi connectivity index (χ2v) is 4.49. The Kier molecular flexibility index (Phi) is 3.29. The minimum atomic E-state index is 0.155. The Hall–Kier alpha value is -1.61. The van der Waals surface area contributed by atoms with Crippen LogP contribution in [-0.2, 0) is 6.42 Å². The number of rotatable bonds is 3. The summed E-state index contributed by atoms with van der Waals surface area (Å²) in [5.41, 5.74) is 9.12. The lowest BCUT2D eigenvalue weighted by molar-refractivity contribution is 0.415. The van der Waals surface area contributed by atoms with Gasteiger partial charge in [-0.05, 0) is 44.0 Å². The van der Waals surface area contributed by atoms with E-state index in [1.807, 2.05) is 26.0 Å². The van der Waals surface area contributed by atoms with E-state index in [1.165, 1.54) is 5.56 Å². The molecule has 1 unspecified atom stereocenters. The quantitative estimate of drug-likeness (QED) is 0.881. The molecular weight excluding hydrogens is 212 g/mol. The third kappa shape index (κ3) is 2.56. The van der Waals surface area contributed by atoms with E-state index < -0.39 is 0 Å². The number of nitrogens with two attached hydrogens (primary N) is 1. The topological polar surface area (TPSA) is 48.1 Å². The second-order valence-electron chi connectivity index (χ2n) is 4.49. The largest absolute Gasteiger partial charge is 0.497 e. The van der Waals surface area contributed by atoms with Gasteiger partial charge >= 0.3 is 0 Å². The molecule has 2 N–H and O–H groups in total. The van der Waals surface area contributed by atoms with Crippen molar-refractivity contribution in [3.8, 4) is 5.75 Å². The highest BCUT2D eigenvalue weighted by Gasteiger charge is 2.07. The Bertz CT molecular complexity index is 535. The van der Waals surface area contributed by atoms with E-state index in [0.29, 0.717) is 0 Å². The van der Waals surface area contributed by atoms with Crippen molar-refractivity contribution in [2.45, 2.75) is 26.3 Å². The van der Waals surface area contributed by atoms with E-state index in [9.17, 15) is 0 Å². The minimum absolute atomic E-state index is 0.155. The standard InChI is InChI=1S/C14H18N2O/c1-9(15)6-11-7-10(2)16-14-8-12(17-3)4-5-13(11)14/h4-5,7-9H,6,15H2,1-3H3. The van der Waals surface area contributed by atoms with Crippen LogP contribution in [0.2, 0.25) is 0 Å². The molecule has 17 heavy (non-hydrogen) atoms. The molecule has 0 spiro atoms. The zero-order valence-electron chi connectivity index (χ0n) is 10.5. The number of benzene rings is 1. The fourth-order valence-corrected chi connectivity index (χ4v) is 2.07. The van der Waals surface area contributed by atoms with Crippen LogP contribution < -0.4 is 10.5 Å². The smallest absolute Gasteiger partial charge is 0.121 e. The molecule has 0 aliphatic carbocycles. The van der Waals surface area contributed by atoms with Crippen molar-refractivity contribution < 1.29 is 4.74 Å². The Labute approximate surface area is 102 Å². The maximum Gasteiger partial charge on any atom is 0.121 e. The van der Waals surface area contributed by atoms with E-state index in [0.717, 1.165) is 28.8 Å². The van der Waals surface area contributed by atoms with Gasteiger partial charge in [0.15, 0.2) is 0 Å². The molecule has 1 aromatic carbocycles. The van der Waals surface area contributed by atoms with Crippen molar-refractivity contribution >= 4 is 10.9 Å². The first-order chi connectivity index (χ1) is 8.10. The van der Waals surface area contributed by atoms with Gasteiger partial charge in [0.2, 0.25) is 0 Å². The van der Waals surface area contributed by atoms with Crippen molar-refractivity contribution in [2.24, 2.45) is 5.73 Å². The van der Waals surface area contributed by atoms with Crippen molar-refractivity contribution in [1.82, 2.24) is 4.98 Å². The molecule has 3 nitrogen and oxygen atoms in total. The Morgan fingerprint density at radius 1 is 1.35 bits per heavy atom. The van der Waals surface area contributed by atoms with Crippen LogP contribution in [-0.4, -0.2) is 18.1 Å². The van der Waals surface area contributed by atoms with E-state index in [-0.39, 0.29) is 6.04 Å². The molecule has 1 atom stereocenters. The van der Waals surface area contributed by atoms with Gasteiger partial charge in [-0.3, -0.25) is 4.98 Å². The SMILES string of the molecule is COc1ccc2c(CC(C)N)cc(C)nc2c1. The van der Waals surface area contributed by atoms with Gasteiger partial charge in [0.1, 0.15) is 5.75 Å². The van der Waals surface area contributed by atoms with Gasteiger partial charge in [-0.2, -0.15) is 0 Å². The molecule has 0 amide bonds. The predicted molar refractivity (Wildman–Crippen MR) is 70.4 cm³/mol. The summed E-state index contributed by atoms with van der Waals surface area (Å²) in [6.45, 7) is 4.02. The van der Waals surface area contributed by atoms with E-state index in [2.05, 4.69) is 17.1 Å². The van der Waals surface area contributed by atoms with Crippen LogP contribution in [0.5, 0.6) is 5.75 Å². The number of nitrogens with zero attached hydrogens (tertiary/aromatic N) is 1. The number of methoxy groups -OCH3 is 1. The van der Waals surface area contributed by atoms with Crippen LogP contribution in [0, 0.1) is 6.92 Å². The van der Waals surface area contributed by atoms with Crippen LogP contribution >= 0.6 is 0 Å². The van der Waals surface area contributed by atoms with Crippen molar-refractivity contribution in [2.75, 3.05) is 7.11 Å². The highest BCUT2D eigenvalue weighted by Crippen LogP contribution is 2.23. The summed E-state index contributed by atoms with van der Waals surface area (Å²) in [7, 11) is 1.67. The first-order valence-corrected chi connectivity index (χ1v) is 5.80. The summed E-state index contributed by atoms with van der Waals surface area (Å²) in [5, 5.41) is 1.16. The van der Waals surface area contributed by atoms with E-state index in [4.69, 9.17) is 10.5 Å². The molecule has 1 aromatic heterocycles. The van der Waals surface area contributed by atoms with E-state index >= 15 is 0 Å². The number of aromatic nitrogens is 1. The minimum Gasteiger partial charge on any atom is -0.497 e. The Morgan fingerprint density at radius 3 is 2.76 bits per heavy atom. The average Bonchev–Trinajstić information content (AvgIpc) is 2.27. The van der Waals surface area contributed by atoms with Crippen LogP contribution in [0.3, 0.4) is 0 Å². The third-order valence-corrected chi connectivity index (χ3v) is 2.77. The number of aryl methyl sites for hydroxylation is 1.